The molecule has 22 heavy (non-hydrogen) atoms. The average molecular weight is 299 g/mol. The lowest BCUT2D eigenvalue weighted by molar-refractivity contribution is -0.255. The van der Waals surface area contributed by atoms with E-state index in [1.165, 1.54) is 6.20 Å². The number of aromatic carboxylic acids is 1. The van der Waals surface area contributed by atoms with Gasteiger partial charge in [0, 0.05) is 16.8 Å². The summed E-state index contributed by atoms with van der Waals surface area (Å²) in [5, 5.41) is 13.0. The molecule has 3 aromatic rings. The zero-order chi connectivity index (χ0) is 15.9. The first-order valence-electron chi connectivity index (χ1n) is 6.87. The maximum atomic E-state index is 11.3. The molecule has 6 nitrogen and oxygen atoms in total. The minimum atomic E-state index is -1.27. The molecule has 2 aromatic heterocycles. The summed E-state index contributed by atoms with van der Waals surface area (Å²) in [7, 11) is 3.13. The molecule has 1 N–H and O–H groups in total. The largest absolute Gasteiger partial charge is 0.543 e. The molecule has 0 atom stereocenters. The van der Waals surface area contributed by atoms with Crippen LogP contribution >= 0.6 is 0 Å². The molecule has 0 saturated carbocycles. The monoisotopic (exact) mass is 299 g/mol. The predicted octanol–water partition coefficient (Wildman–Crippen LogP) is 1.66. The van der Waals surface area contributed by atoms with Crippen LogP contribution in [0.1, 0.15) is 23.0 Å². The number of carbonyl (C=O) groups is 1. The number of hydrogen-bond donors (Lipinski definition) is 1. The SMILES string of the molecule is CCc1c(C(=O)[O-])ncc2[nH]c3cc(OC)c(OC)cc3c12. The highest BCUT2D eigenvalue weighted by Gasteiger charge is 2.16. The van der Waals surface area contributed by atoms with Crippen molar-refractivity contribution in [2.45, 2.75) is 13.3 Å². The highest BCUT2D eigenvalue weighted by Crippen LogP contribution is 2.37. The van der Waals surface area contributed by atoms with Gasteiger partial charge >= 0.3 is 0 Å². The summed E-state index contributed by atoms with van der Waals surface area (Å²) in [5.41, 5.74) is 2.23. The lowest BCUT2D eigenvalue weighted by atomic mass is 10.0. The van der Waals surface area contributed by atoms with Crippen molar-refractivity contribution in [1.29, 1.82) is 0 Å². The van der Waals surface area contributed by atoms with Crippen molar-refractivity contribution >= 4 is 27.8 Å². The third kappa shape index (κ3) is 1.95. The minimum absolute atomic E-state index is 0.0225. The number of carboxylic acid groups (broad SMARTS) is 1. The predicted molar refractivity (Wildman–Crippen MR) is 80.4 cm³/mol. The molecule has 114 valence electrons. The number of nitrogens with one attached hydrogen (secondary N) is 1. The molecule has 0 aliphatic carbocycles. The Balaban J connectivity index is 2.45. The fourth-order valence-corrected chi connectivity index (χ4v) is 2.81. The first-order chi connectivity index (χ1) is 10.6. The second-order valence-electron chi connectivity index (χ2n) is 4.89. The zero-order valence-electron chi connectivity index (χ0n) is 12.5. The van der Waals surface area contributed by atoms with Crippen LogP contribution in [0.15, 0.2) is 18.3 Å². The van der Waals surface area contributed by atoms with Crippen molar-refractivity contribution < 1.29 is 19.4 Å². The van der Waals surface area contributed by atoms with Crippen LogP contribution < -0.4 is 14.6 Å². The molecule has 0 spiro atoms. The summed E-state index contributed by atoms with van der Waals surface area (Å²) in [6.07, 6.45) is 2.05. The summed E-state index contributed by atoms with van der Waals surface area (Å²) in [5.74, 6) is -0.0777. The van der Waals surface area contributed by atoms with Gasteiger partial charge in [-0.15, -0.1) is 0 Å². The average Bonchev–Trinajstić information content (AvgIpc) is 2.89. The highest BCUT2D eigenvalue weighted by atomic mass is 16.5. The highest BCUT2D eigenvalue weighted by molar-refractivity contribution is 6.11. The van der Waals surface area contributed by atoms with Gasteiger partial charge in [-0.25, -0.2) is 0 Å². The van der Waals surface area contributed by atoms with Crippen LogP contribution in [-0.4, -0.2) is 30.2 Å². The van der Waals surface area contributed by atoms with E-state index >= 15 is 0 Å². The molecule has 0 bridgehead atoms. The van der Waals surface area contributed by atoms with E-state index < -0.39 is 5.97 Å². The third-order valence-electron chi connectivity index (χ3n) is 3.79. The van der Waals surface area contributed by atoms with Gasteiger partial charge in [-0.3, -0.25) is 4.98 Å². The quantitative estimate of drug-likeness (QED) is 0.791. The van der Waals surface area contributed by atoms with Gasteiger partial charge in [-0.1, -0.05) is 6.92 Å². The van der Waals surface area contributed by atoms with Gasteiger partial charge in [0.25, 0.3) is 0 Å². The summed E-state index contributed by atoms with van der Waals surface area (Å²) in [6.45, 7) is 1.89. The fraction of sp³-hybridized carbons (Fsp3) is 0.250. The molecular formula is C16H15N2O4-. The van der Waals surface area contributed by atoms with E-state index in [0.29, 0.717) is 23.5 Å². The maximum Gasteiger partial charge on any atom is 0.162 e. The van der Waals surface area contributed by atoms with E-state index in [0.717, 1.165) is 21.8 Å². The Morgan fingerprint density at radius 3 is 2.50 bits per heavy atom. The van der Waals surface area contributed by atoms with Gasteiger partial charge in [0.1, 0.15) is 0 Å². The Morgan fingerprint density at radius 2 is 1.91 bits per heavy atom. The summed E-state index contributed by atoms with van der Waals surface area (Å²) < 4.78 is 10.6. The zero-order valence-corrected chi connectivity index (χ0v) is 12.5. The van der Waals surface area contributed by atoms with Gasteiger partial charge < -0.3 is 24.4 Å². The second kappa shape index (κ2) is 5.22. The number of rotatable bonds is 4. The number of methoxy groups -OCH3 is 2. The maximum absolute atomic E-state index is 11.3. The van der Waals surface area contributed by atoms with Gasteiger partial charge in [-0.05, 0) is 18.1 Å². The van der Waals surface area contributed by atoms with Crippen molar-refractivity contribution in [2.75, 3.05) is 14.2 Å². The van der Waals surface area contributed by atoms with Crippen LogP contribution in [0.2, 0.25) is 0 Å². The third-order valence-corrected chi connectivity index (χ3v) is 3.79. The van der Waals surface area contributed by atoms with E-state index in [4.69, 9.17) is 9.47 Å². The Hall–Kier alpha value is -2.76. The summed E-state index contributed by atoms with van der Waals surface area (Å²) in [4.78, 5) is 18.5. The fourth-order valence-electron chi connectivity index (χ4n) is 2.81. The molecule has 0 amide bonds. The van der Waals surface area contributed by atoms with Crippen molar-refractivity contribution in [1.82, 2.24) is 9.97 Å². The molecule has 0 unspecified atom stereocenters. The number of carbonyl (C=O) groups excluding carboxylic acids is 1. The van der Waals surface area contributed by atoms with Crippen LogP contribution in [-0.2, 0) is 6.42 Å². The number of aromatic amines is 1. The van der Waals surface area contributed by atoms with E-state index in [-0.39, 0.29) is 5.69 Å². The number of aryl methyl sites for hydroxylation is 1. The molecule has 0 radical (unpaired) electrons. The molecule has 1 aromatic carbocycles. The molecule has 0 fully saturated rings. The van der Waals surface area contributed by atoms with E-state index in [1.807, 2.05) is 19.1 Å². The molecule has 6 heteroatoms. The number of ether oxygens (including phenoxy) is 2. The number of carboxylic acids is 1. The summed E-state index contributed by atoms with van der Waals surface area (Å²) in [6, 6.07) is 3.66. The number of H-pyrrole nitrogens is 1. The van der Waals surface area contributed by atoms with Gasteiger partial charge in [-0.2, -0.15) is 0 Å². The van der Waals surface area contributed by atoms with Crippen molar-refractivity contribution in [2.24, 2.45) is 0 Å². The van der Waals surface area contributed by atoms with Crippen LogP contribution in [0, 0.1) is 0 Å². The smallest absolute Gasteiger partial charge is 0.162 e. The lowest BCUT2D eigenvalue weighted by Crippen LogP contribution is -2.25. The van der Waals surface area contributed by atoms with Crippen LogP contribution in [0.4, 0.5) is 0 Å². The Morgan fingerprint density at radius 1 is 1.23 bits per heavy atom. The number of benzene rings is 1. The summed E-state index contributed by atoms with van der Waals surface area (Å²) >= 11 is 0. The van der Waals surface area contributed by atoms with Crippen LogP contribution in [0.3, 0.4) is 0 Å². The second-order valence-corrected chi connectivity index (χ2v) is 4.89. The number of nitrogens with zero attached hydrogens (tertiary/aromatic N) is 1. The Bertz CT molecular complexity index is 883. The molecule has 0 saturated heterocycles. The van der Waals surface area contributed by atoms with Crippen LogP contribution in [0.25, 0.3) is 21.8 Å². The van der Waals surface area contributed by atoms with E-state index in [2.05, 4.69) is 9.97 Å². The molecule has 3 rings (SSSR count). The van der Waals surface area contributed by atoms with Gasteiger partial charge in [0.2, 0.25) is 0 Å². The van der Waals surface area contributed by atoms with Gasteiger partial charge in [0.05, 0.1) is 43.1 Å². The van der Waals surface area contributed by atoms with E-state index in [9.17, 15) is 9.90 Å². The molecular weight excluding hydrogens is 284 g/mol. The number of pyridine rings is 1. The first-order valence-corrected chi connectivity index (χ1v) is 6.87. The van der Waals surface area contributed by atoms with Crippen molar-refractivity contribution in [3.05, 3.63) is 29.6 Å². The lowest BCUT2D eigenvalue weighted by Gasteiger charge is -2.10. The van der Waals surface area contributed by atoms with Crippen LogP contribution in [0.5, 0.6) is 11.5 Å². The van der Waals surface area contributed by atoms with Crippen molar-refractivity contribution in [3.8, 4) is 11.5 Å². The van der Waals surface area contributed by atoms with Gasteiger partial charge in [0.15, 0.2) is 11.5 Å². The van der Waals surface area contributed by atoms with E-state index in [1.54, 1.807) is 14.2 Å². The minimum Gasteiger partial charge on any atom is -0.543 e. The standard InChI is InChI=1S/C16H16N2O4/c1-4-8-14-9-5-12(21-2)13(22-3)6-10(9)18-11(14)7-17-15(8)16(19)20/h5-7,18H,4H2,1-3H3,(H,19,20)/p-1. The topological polar surface area (TPSA) is 87.3 Å². The number of fused-ring (bicyclic) bond motifs is 3. The molecule has 0 aliphatic rings. The normalized spacial score (nSPS) is 11.0. The first kappa shape index (κ1) is 14.2. The molecule has 2 heterocycles. The number of hydrogen-bond acceptors (Lipinski definition) is 5. The van der Waals surface area contributed by atoms with Crippen molar-refractivity contribution in [3.63, 3.8) is 0 Å². The number of aromatic nitrogens is 2. The Kier molecular flexibility index (Phi) is 3.36. The molecule has 0 aliphatic heterocycles. The Labute approximate surface area is 126 Å².